The molecule has 0 aromatic heterocycles. The monoisotopic (exact) mass is 372 g/mol. The molecule has 5 heteroatoms. The van der Waals surface area contributed by atoms with Crippen LogP contribution in [0.2, 0.25) is 0 Å². The van der Waals surface area contributed by atoms with E-state index < -0.39 is 5.41 Å². The van der Waals surface area contributed by atoms with Gasteiger partial charge < -0.3 is 9.80 Å². The van der Waals surface area contributed by atoms with Crippen LogP contribution >= 0.6 is 0 Å². The molecule has 1 aliphatic carbocycles. The van der Waals surface area contributed by atoms with Crippen molar-refractivity contribution in [1.82, 2.24) is 9.80 Å². The summed E-state index contributed by atoms with van der Waals surface area (Å²) in [6.07, 6.45) is 8.19. The van der Waals surface area contributed by atoms with Gasteiger partial charge in [0.25, 0.3) is 0 Å². The lowest BCUT2D eigenvalue weighted by atomic mass is 9.78. The van der Waals surface area contributed by atoms with Crippen LogP contribution in [-0.2, 0) is 16.1 Å². The summed E-state index contributed by atoms with van der Waals surface area (Å²) in [6, 6.07) is 6.38. The first-order chi connectivity index (χ1) is 13.1. The summed E-state index contributed by atoms with van der Waals surface area (Å²) in [5.41, 5.74) is 0.553. The maximum atomic E-state index is 13.3. The second-order valence-corrected chi connectivity index (χ2v) is 8.58. The average Bonchev–Trinajstić information content (AvgIpc) is 3.12. The van der Waals surface area contributed by atoms with Gasteiger partial charge in [-0.15, -0.1) is 0 Å². The predicted octanol–water partition coefficient (Wildman–Crippen LogP) is 3.75. The molecule has 3 aliphatic rings. The van der Waals surface area contributed by atoms with Crippen LogP contribution in [0.5, 0.6) is 0 Å². The van der Waals surface area contributed by atoms with Crippen molar-refractivity contribution in [1.29, 1.82) is 0 Å². The van der Waals surface area contributed by atoms with Crippen molar-refractivity contribution in [2.24, 2.45) is 11.3 Å². The fraction of sp³-hybridized carbons (Fsp3) is 0.636. The highest BCUT2D eigenvalue weighted by atomic mass is 19.1. The van der Waals surface area contributed by atoms with E-state index in [1.54, 1.807) is 12.1 Å². The third kappa shape index (κ3) is 3.74. The SMILES string of the molecule is O=C(C1CCCCC1)N1CC[C@@]2(CCCN(Cc3ccc(F)cc3)C2=O)C1. The molecule has 0 radical (unpaired) electrons. The fourth-order valence-electron chi connectivity index (χ4n) is 5.16. The number of benzene rings is 1. The third-order valence-corrected chi connectivity index (χ3v) is 6.73. The van der Waals surface area contributed by atoms with Crippen LogP contribution in [0.3, 0.4) is 0 Å². The molecule has 1 saturated carbocycles. The molecule has 146 valence electrons. The van der Waals surface area contributed by atoms with Crippen molar-refractivity contribution < 1.29 is 14.0 Å². The summed E-state index contributed by atoms with van der Waals surface area (Å²) in [5, 5.41) is 0. The predicted molar refractivity (Wildman–Crippen MR) is 101 cm³/mol. The lowest BCUT2D eigenvalue weighted by molar-refractivity contribution is -0.147. The van der Waals surface area contributed by atoms with E-state index in [9.17, 15) is 14.0 Å². The molecule has 1 aromatic carbocycles. The number of carbonyl (C=O) groups excluding carboxylic acids is 2. The van der Waals surface area contributed by atoms with E-state index in [0.717, 1.165) is 57.1 Å². The number of halogens is 1. The van der Waals surface area contributed by atoms with Gasteiger partial charge in [0, 0.05) is 32.1 Å². The van der Waals surface area contributed by atoms with Gasteiger partial charge in [-0.25, -0.2) is 4.39 Å². The van der Waals surface area contributed by atoms with Crippen molar-refractivity contribution in [3.05, 3.63) is 35.6 Å². The quantitative estimate of drug-likeness (QED) is 0.811. The van der Waals surface area contributed by atoms with Gasteiger partial charge in [-0.05, 0) is 49.8 Å². The second-order valence-electron chi connectivity index (χ2n) is 8.58. The highest BCUT2D eigenvalue weighted by Crippen LogP contribution is 2.41. The summed E-state index contributed by atoms with van der Waals surface area (Å²) in [5.74, 6) is 0.364. The highest BCUT2D eigenvalue weighted by Gasteiger charge is 2.49. The second kappa shape index (κ2) is 7.61. The number of hydrogen-bond donors (Lipinski definition) is 0. The summed E-state index contributed by atoms with van der Waals surface area (Å²) >= 11 is 0. The lowest BCUT2D eigenvalue weighted by Gasteiger charge is -2.39. The van der Waals surface area contributed by atoms with Gasteiger partial charge in [0.1, 0.15) is 5.82 Å². The van der Waals surface area contributed by atoms with E-state index in [1.165, 1.54) is 18.6 Å². The molecule has 4 rings (SSSR count). The Labute approximate surface area is 160 Å². The van der Waals surface area contributed by atoms with Crippen LogP contribution in [0.25, 0.3) is 0 Å². The first kappa shape index (κ1) is 18.5. The zero-order chi connectivity index (χ0) is 18.9. The Bertz CT molecular complexity index is 699. The van der Waals surface area contributed by atoms with Gasteiger partial charge in [-0.3, -0.25) is 9.59 Å². The Hall–Kier alpha value is -1.91. The number of piperidine rings is 1. The minimum Gasteiger partial charge on any atom is -0.341 e. The molecule has 2 amide bonds. The van der Waals surface area contributed by atoms with Crippen molar-refractivity contribution in [3.8, 4) is 0 Å². The van der Waals surface area contributed by atoms with Gasteiger partial charge in [0.15, 0.2) is 0 Å². The van der Waals surface area contributed by atoms with E-state index >= 15 is 0 Å². The Morgan fingerprint density at radius 3 is 2.52 bits per heavy atom. The zero-order valence-corrected chi connectivity index (χ0v) is 16.0. The molecule has 4 nitrogen and oxygen atoms in total. The summed E-state index contributed by atoms with van der Waals surface area (Å²) in [7, 11) is 0. The first-order valence-electron chi connectivity index (χ1n) is 10.4. The topological polar surface area (TPSA) is 40.6 Å². The number of carbonyl (C=O) groups is 2. The molecule has 2 saturated heterocycles. The maximum absolute atomic E-state index is 13.3. The molecule has 27 heavy (non-hydrogen) atoms. The Balaban J connectivity index is 1.42. The average molecular weight is 372 g/mol. The normalized spacial score (nSPS) is 26.8. The Morgan fingerprint density at radius 2 is 1.78 bits per heavy atom. The van der Waals surface area contributed by atoms with E-state index in [-0.39, 0.29) is 23.5 Å². The summed E-state index contributed by atoms with van der Waals surface area (Å²) < 4.78 is 13.1. The lowest BCUT2D eigenvalue weighted by Crippen LogP contribution is -2.50. The van der Waals surface area contributed by atoms with Crippen molar-refractivity contribution in [3.63, 3.8) is 0 Å². The molecule has 1 aromatic rings. The van der Waals surface area contributed by atoms with E-state index in [2.05, 4.69) is 0 Å². The molecule has 2 aliphatic heterocycles. The minimum absolute atomic E-state index is 0.169. The largest absolute Gasteiger partial charge is 0.341 e. The third-order valence-electron chi connectivity index (χ3n) is 6.73. The highest BCUT2D eigenvalue weighted by molar-refractivity contribution is 5.86. The van der Waals surface area contributed by atoms with Gasteiger partial charge >= 0.3 is 0 Å². The molecule has 0 N–H and O–H groups in total. The molecular weight excluding hydrogens is 343 g/mol. The maximum Gasteiger partial charge on any atom is 0.230 e. The summed E-state index contributed by atoms with van der Waals surface area (Å²) in [6.45, 7) is 2.57. The number of amides is 2. The van der Waals surface area contributed by atoms with E-state index in [1.807, 2.05) is 9.80 Å². The van der Waals surface area contributed by atoms with Crippen molar-refractivity contribution in [2.75, 3.05) is 19.6 Å². The molecule has 0 bridgehead atoms. The van der Waals surface area contributed by atoms with E-state index in [0.29, 0.717) is 19.6 Å². The molecule has 1 spiro atoms. The van der Waals surface area contributed by atoms with Crippen molar-refractivity contribution >= 4 is 11.8 Å². The zero-order valence-electron chi connectivity index (χ0n) is 16.0. The smallest absolute Gasteiger partial charge is 0.230 e. The van der Waals surface area contributed by atoms with Crippen molar-refractivity contribution in [2.45, 2.75) is 57.9 Å². The van der Waals surface area contributed by atoms with Crippen LogP contribution in [0.1, 0.15) is 56.9 Å². The summed E-state index contributed by atoms with van der Waals surface area (Å²) in [4.78, 5) is 30.1. The number of likely N-dealkylation sites (tertiary alicyclic amines) is 2. The number of hydrogen-bond acceptors (Lipinski definition) is 2. The van der Waals surface area contributed by atoms with Gasteiger partial charge in [-0.1, -0.05) is 31.4 Å². The minimum atomic E-state index is -0.400. The Morgan fingerprint density at radius 1 is 1.04 bits per heavy atom. The molecule has 3 fully saturated rings. The van der Waals surface area contributed by atoms with Crippen LogP contribution in [-0.4, -0.2) is 41.2 Å². The molecule has 0 unspecified atom stereocenters. The molecular formula is C22H29FN2O2. The molecule has 2 heterocycles. The number of rotatable bonds is 3. The van der Waals surface area contributed by atoms with Crippen LogP contribution in [0.15, 0.2) is 24.3 Å². The van der Waals surface area contributed by atoms with E-state index in [4.69, 9.17) is 0 Å². The van der Waals surface area contributed by atoms with Crippen LogP contribution in [0, 0.1) is 17.2 Å². The van der Waals surface area contributed by atoms with Crippen LogP contribution in [0.4, 0.5) is 4.39 Å². The van der Waals surface area contributed by atoms with Gasteiger partial charge in [-0.2, -0.15) is 0 Å². The Kier molecular flexibility index (Phi) is 5.20. The standard InChI is InChI=1S/C22H29FN2O2/c23-19-9-7-17(8-10-19)15-24-13-4-11-22(21(24)27)12-14-25(16-22)20(26)18-5-2-1-3-6-18/h7-10,18H,1-6,11-16H2/t22-/m0/s1. The first-order valence-corrected chi connectivity index (χ1v) is 10.4. The van der Waals surface area contributed by atoms with Gasteiger partial charge in [0.2, 0.25) is 11.8 Å². The fourth-order valence-corrected chi connectivity index (χ4v) is 5.16. The van der Waals surface area contributed by atoms with Crippen LogP contribution < -0.4 is 0 Å². The van der Waals surface area contributed by atoms with Gasteiger partial charge in [0.05, 0.1) is 5.41 Å². The molecule has 1 atom stereocenters. The number of nitrogens with zero attached hydrogens (tertiary/aromatic N) is 2.